The van der Waals surface area contributed by atoms with Gasteiger partial charge in [0.15, 0.2) is 0 Å². The average molecular weight is 464 g/mol. The Bertz CT molecular complexity index is 701. The lowest BCUT2D eigenvalue weighted by Gasteiger charge is -2.25. The quantitative estimate of drug-likeness (QED) is 0.129. The van der Waals surface area contributed by atoms with Gasteiger partial charge in [0, 0.05) is 5.75 Å². The Kier molecular flexibility index (Phi) is 12.2. The van der Waals surface area contributed by atoms with Crippen molar-refractivity contribution in [3.05, 3.63) is 0 Å². The molecule has 0 spiro atoms. The lowest BCUT2D eigenvalue weighted by Crippen LogP contribution is -2.58. The van der Waals surface area contributed by atoms with E-state index in [0.717, 1.165) is 0 Å². The second-order valence-corrected chi connectivity index (χ2v) is 7.50. The van der Waals surface area contributed by atoms with Crippen molar-refractivity contribution in [2.45, 2.75) is 57.3 Å². The first-order valence-corrected chi connectivity index (χ1v) is 9.85. The summed E-state index contributed by atoms with van der Waals surface area (Å²) in [5.74, 6) is -7.48. The second-order valence-electron chi connectivity index (χ2n) is 7.14. The van der Waals surface area contributed by atoms with Gasteiger partial charge in [-0.05, 0) is 12.3 Å². The Hall–Kier alpha value is -2.87. The van der Waals surface area contributed by atoms with Crippen LogP contribution in [0.2, 0.25) is 0 Å². The van der Waals surface area contributed by atoms with E-state index in [9.17, 15) is 28.8 Å². The molecule has 4 unspecified atom stereocenters. The van der Waals surface area contributed by atoms with Crippen LogP contribution in [-0.4, -0.2) is 80.9 Å². The molecule has 0 bridgehead atoms. The van der Waals surface area contributed by atoms with Crippen LogP contribution in [0, 0.1) is 5.92 Å². The summed E-state index contributed by atoms with van der Waals surface area (Å²) in [6, 6.07) is -5.71. The van der Waals surface area contributed by atoms with Crippen LogP contribution >= 0.6 is 12.6 Å². The first kappa shape index (κ1) is 28.1. The van der Waals surface area contributed by atoms with Crippen LogP contribution in [0.25, 0.3) is 0 Å². The molecule has 0 rings (SSSR count). The molecule has 0 heterocycles. The highest BCUT2D eigenvalue weighted by Crippen LogP contribution is 2.07. The molecule has 3 amide bonds. The van der Waals surface area contributed by atoms with Crippen molar-refractivity contribution >= 4 is 48.3 Å². The standard InChI is InChI=1S/C17H28N4O9S/c1-7(2)3-9(19-14(26)8(18)6-31)15(27)20-10(4-12(22)23)16(28)21-11(17(29)30)5-13(24)25/h7-11,31H,3-6,18H2,1-2H3,(H,19,26)(H,20,27)(H,21,28)(H,22,23)(H,24,25)(H,29,30). The maximum absolute atomic E-state index is 12.6. The second kappa shape index (κ2) is 13.4. The smallest absolute Gasteiger partial charge is 0.326 e. The molecule has 0 fully saturated rings. The topological polar surface area (TPSA) is 225 Å². The van der Waals surface area contributed by atoms with E-state index in [1.807, 2.05) is 5.32 Å². The van der Waals surface area contributed by atoms with E-state index in [1.165, 1.54) is 0 Å². The molecule has 0 saturated carbocycles. The molecule has 0 aliphatic rings. The predicted octanol–water partition coefficient (Wildman–Crippen LogP) is -2.22. The van der Waals surface area contributed by atoms with Crippen LogP contribution in [0.15, 0.2) is 0 Å². The van der Waals surface area contributed by atoms with Gasteiger partial charge in [-0.2, -0.15) is 12.6 Å². The zero-order valence-corrected chi connectivity index (χ0v) is 17.9. The lowest BCUT2D eigenvalue weighted by atomic mass is 10.0. The molecular weight excluding hydrogens is 436 g/mol. The number of thiol groups is 1. The molecule has 0 aromatic heterocycles. The van der Waals surface area contributed by atoms with Gasteiger partial charge >= 0.3 is 17.9 Å². The highest BCUT2D eigenvalue weighted by molar-refractivity contribution is 7.80. The molecule has 8 N–H and O–H groups in total. The minimum Gasteiger partial charge on any atom is -0.481 e. The van der Waals surface area contributed by atoms with Gasteiger partial charge in [0.2, 0.25) is 17.7 Å². The summed E-state index contributed by atoms with van der Waals surface area (Å²) in [6.45, 7) is 3.52. The Balaban J connectivity index is 5.51. The van der Waals surface area contributed by atoms with Gasteiger partial charge in [-0.15, -0.1) is 0 Å². The third kappa shape index (κ3) is 11.2. The van der Waals surface area contributed by atoms with Gasteiger partial charge in [0.05, 0.1) is 18.9 Å². The predicted molar refractivity (Wildman–Crippen MR) is 109 cm³/mol. The number of carbonyl (C=O) groups excluding carboxylic acids is 3. The van der Waals surface area contributed by atoms with Crippen LogP contribution in [0.3, 0.4) is 0 Å². The number of nitrogens with two attached hydrogens (primary N) is 1. The lowest BCUT2D eigenvalue weighted by molar-refractivity contribution is -0.148. The zero-order valence-electron chi connectivity index (χ0n) is 17.0. The van der Waals surface area contributed by atoms with Gasteiger partial charge in [0.25, 0.3) is 0 Å². The van der Waals surface area contributed by atoms with Gasteiger partial charge in [0.1, 0.15) is 18.1 Å². The van der Waals surface area contributed by atoms with Crippen molar-refractivity contribution in [1.82, 2.24) is 16.0 Å². The van der Waals surface area contributed by atoms with E-state index in [2.05, 4.69) is 23.3 Å². The van der Waals surface area contributed by atoms with E-state index in [4.69, 9.17) is 21.1 Å². The van der Waals surface area contributed by atoms with Crippen molar-refractivity contribution in [3.63, 3.8) is 0 Å². The monoisotopic (exact) mass is 464 g/mol. The summed E-state index contributed by atoms with van der Waals surface area (Å²) in [7, 11) is 0. The summed E-state index contributed by atoms with van der Waals surface area (Å²) >= 11 is 3.90. The number of carbonyl (C=O) groups is 6. The largest absolute Gasteiger partial charge is 0.481 e. The highest BCUT2D eigenvalue weighted by atomic mass is 32.1. The number of hydrogen-bond donors (Lipinski definition) is 8. The first-order chi connectivity index (χ1) is 14.3. The molecular formula is C17H28N4O9S. The first-order valence-electron chi connectivity index (χ1n) is 9.22. The van der Waals surface area contributed by atoms with Crippen LogP contribution < -0.4 is 21.7 Å². The maximum Gasteiger partial charge on any atom is 0.326 e. The number of hydrogen-bond acceptors (Lipinski definition) is 8. The van der Waals surface area contributed by atoms with Gasteiger partial charge < -0.3 is 37.0 Å². The molecule has 14 heteroatoms. The highest BCUT2D eigenvalue weighted by Gasteiger charge is 2.32. The van der Waals surface area contributed by atoms with E-state index in [0.29, 0.717) is 0 Å². The van der Waals surface area contributed by atoms with Crippen LogP contribution in [0.4, 0.5) is 0 Å². The molecule has 0 aromatic carbocycles. The van der Waals surface area contributed by atoms with Crippen molar-refractivity contribution in [2.24, 2.45) is 11.7 Å². The molecule has 0 aliphatic heterocycles. The van der Waals surface area contributed by atoms with Gasteiger partial charge in [-0.1, -0.05) is 13.8 Å². The Morgan fingerprint density at radius 3 is 1.61 bits per heavy atom. The fourth-order valence-electron chi connectivity index (χ4n) is 2.37. The minimum absolute atomic E-state index is 0.00600. The van der Waals surface area contributed by atoms with E-state index < -0.39 is 72.6 Å². The number of amides is 3. The number of nitrogens with one attached hydrogen (secondary N) is 3. The van der Waals surface area contributed by atoms with Crippen LogP contribution in [0.1, 0.15) is 33.1 Å². The van der Waals surface area contributed by atoms with Crippen molar-refractivity contribution in [2.75, 3.05) is 5.75 Å². The molecule has 0 saturated heterocycles. The average Bonchev–Trinajstić information content (AvgIpc) is 2.64. The normalized spacial score (nSPS) is 14.6. The summed E-state index contributed by atoms with van der Waals surface area (Å²) in [5.41, 5.74) is 5.57. The fourth-order valence-corrected chi connectivity index (χ4v) is 2.53. The molecule has 31 heavy (non-hydrogen) atoms. The Morgan fingerprint density at radius 2 is 1.19 bits per heavy atom. The summed E-state index contributed by atoms with van der Waals surface area (Å²) in [5, 5.41) is 33.3. The maximum atomic E-state index is 12.6. The van der Waals surface area contributed by atoms with Crippen molar-refractivity contribution in [3.8, 4) is 0 Å². The molecule has 176 valence electrons. The fraction of sp³-hybridized carbons (Fsp3) is 0.647. The van der Waals surface area contributed by atoms with Crippen molar-refractivity contribution < 1.29 is 44.1 Å². The minimum atomic E-state index is -1.84. The number of carboxylic acid groups (broad SMARTS) is 3. The number of aliphatic carboxylic acids is 3. The molecule has 4 atom stereocenters. The SMILES string of the molecule is CC(C)CC(NC(=O)C(N)CS)C(=O)NC(CC(=O)O)C(=O)NC(CC(=O)O)C(=O)O. The molecule has 0 aromatic rings. The zero-order chi connectivity index (χ0) is 24.3. The molecule has 0 aliphatic carbocycles. The van der Waals surface area contributed by atoms with Crippen LogP contribution in [0.5, 0.6) is 0 Å². The van der Waals surface area contributed by atoms with Gasteiger partial charge in [-0.3, -0.25) is 24.0 Å². The van der Waals surface area contributed by atoms with E-state index >= 15 is 0 Å². The van der Waals surface area contributed by atoms with Gasteiger partial charge in [-0.25, -0.2) is 4.79 Å². The number of rotatable bonds is 14. The van der Waals surface area contributed by atoms with E-state index in [-0.39, 0.29) is 18.1 Å². The third-order valence-electron chi connectivity index (χ3n) is 3.88. The number of carboxylic acids is 3. The molecule has 0 radical (unpaired) electrons. The van der Waals surface area contributed by atoms with Crippen LogP contribution in [-0.2, 0) is 28.8 Å². The summed E-state index contributed by atoms with van der Waals surface area (Å²) in [6.07, 6.45) is -1.73. The summed E-state index contributed by atoms with van der Waals surface area (Å²) < 4.78 is 0. The van der Waals surface area contributed by atoms with E-state index in [1.54, 1.807) is 13.8 Å². The molecule has 13 nitrogen and oxygen atoms in total. The Labute approximate surface area is 183 Å². The Morgan fingerprint density at radius 1 is 0.774 bits per heavy atom. The van der Waals surface area contributed by atoms with Crippen molar-refractivity contribution in [1.29, 1.82) is 0 Å². The third-order valence-corrected chi connectivity index (χ3v) is 4.27. The summed E-state index contributed by atoms with van der Waals surface area (Å²) in [4.78, 5) is 70.1.